The first-order valence-electron chi connectivity index (χ1n) is 7.80. The molecule has 0 saturated heterocycles. The normalized spacial score (nSPS) is 10.6. The molecule has 3 aromatic rings. The Hall–Kier alpha value is -2.93. The standard InChI is InChI=1S/C19H17FN2O3S/c1-22(2)19(24)11-7-8-15(25-3)14(9-11)21-18(23)17-10-12-13(20)5-4-6-16(12)26-17/h4-10H,1-3H3,(H,21,23). The number of halogens is 1. The van der Waals surface area contributed by atoms with E-state index in [4.69, 9.17) is 4.74 Å². The number of nitrogens with one attached hydrogen (secondary N) is 1. The molecule has 134 valence electrons. The van der Waals surface area contributed by atoms with Crippen molar-refractivity contribution in [2.24, 2.45) is 0 Å². The molecule has 0 spiro atoms. The number of anilines is 1. The van der Waals surface area contributed by atoms with Crippen LogP contribution in [0, 0.1) is 5.82 Å². The highest BCUT2D eigenvalue weighted by molar-refractivity contribution is 7.20. The van der Waals surface area contributed by atoms with Crippen LogP contribution in [-0.2, 0) is 0 Å². The van der Waals surface area contributed by atoms with E-state index in [9.17, 15) is 14.0 Å². The van der Waals surface area contributed by atoms with Crippen molar-refractivity contribution < 1.29 is 18.7 Å². The van der Waals surface area contributed by atoms with Gasteiger partial charge >= 0.3 is 0 Å². The van der Waals surface area contributed by atoms with Crippen LogP contribution < -0.4 is 10.1 Å². The third-order valence-electron chi connectivity index (χ3n) is 3.83. The summed E-state index contributed by atoms with van der Waals surface area (Å²) in [5, 5.41) is 3.15. The summed E-state index contributed by atoms with van der Waals surface area (Å²) in [6, 6.07) is 11.1. The van der Waals surface area contributed by atoms with E-state index in [2.05, 4.69) is 5.32 Å². The molecule has 0 fully saturated rings. The predicted octanol–water partition coefficient (Wildman–Crippen LogP) is 4.00. The van der Waals surface area contributed by atoms with Gasteiger partial charge in [-0.25, -0.2) is 4.39 Å². The molecule has 5 nitrogen and oxygen atoms in total. The highest BCUT2D eigenvalue weighted by Crippen LogP contribution is 2.30. The Labute approximate surface area is 154 Å². The largest absolute Gasteiger partial charge is 0.495 e. The molecule has 2 aromatic carbocycles. The van der Waals surface area contributed by atoms with E-state index in [1.807, 2.05) is 0 Å². The van der Waals surface area contributed by atoms with Crippen molar-refractivity contribution in [2.75, 3.05) is 26.5 Å². The van der Waals surface area contributed by atoms with Crippen LogP contribution in [0.15, 0.2) is 42.5 Å². The molecule has 1 heterocycles. The average Bonchev–Trinajstić information content (AvgIpc) is 3.07. The Morgan fingerprint density at radius 3 is 2.58 bits per heavy atom. The highest BCUT2D eigenvalue weighted by Gasteiger charge is 2.17. The van der Waals surface area contributed by atoms with Crippen LogP contribution in [0.2, 0.25) is 0 Å². The maximum atomic E-state index is 13.8. The van der Waals surface area contributed by atoms with Crippen molar-refractivity contribution in [3.63, 3.8) is 0 Å². The van der Waals surface area contributed by atoms with Gasteiger partial charge in [0, 0.05) is 29.7 Å². The van der Waals surface area contributed by atoms with Crippen LogP contribution >= 0.6 is 11.3 Å². The molecular weight excluding hydrogens is 355 g/mol. The van der Waals surface area contributed by atoms with Crippen LogP contribution in [0.25, 0.3) is 10.1 Å². The quantitative estimate of drug-likeness (QED) is 0.753. The maximum Gasteiger partial charge on any atom is 0.265 e. The SMILES string of the molecule is COc1ccc(C(=O)N(C)C)cc1NC(=O)c1cc2c(F)cccc2s1. The smallest absolute Gasteiger partial charge is 0.265 e. The van der Waals surface area contributed by atoms with Gasteiger partial charge in [0.2, 0.25) is 0 Å². The molecule has 0 unspecified atom stereocenters. The van der Waals surface area contributed by atoms with E-state index < -0.39 is 5.91 Å². The van der Waals surface area contributed by atoms with Gasteiger partial charge in [0.15, 0.2) is 0 Å². The van der Waals surface area contributed by atoms with Gasteiger partial charge in [0.25, 0.3) is 11.8 Å². The molecule has 0 bridgehead atoms. The molecule has 0 aliphatic rings. The van der Waals surface area contributed by atoms with Gasteiger partial charge in [-0.3, -0.25) is 9.59 Å². The molecule has 0 saturated carbocycles. The number of hydrogen-bond donors (Lipinski definition) is 1. The number of thiophene rings is 1. The number of carbonyl (C=O) groups excluding carboxylic acids is 2. The zero-order valence-electron chi connectivity index (χ0n) is 14.5. The fourth-order valence-corrected chi connectivity index (χ4v) is 3.49. The van der Waals surface area contributed by atoms with Crippen LogP contribution in [0.4, 0.5) is 10.1 Å². The van der Waals surface area contributed by atoms with Crippen molar-refractivity contribution in [2.45, 2.75) is 0 Å². The zero-order chi connectivity index (χ0) is 18.8. The predicted molar refractivity (Wildman–Crippen MR) is 101 cm³/mol. The van der Waals surface area contributed by atoms with E-state index in [1.165, 1.54) is 35.5 Å². The summed E-state index contributed by atoms with van der Waals surface area (Å²) < 4.78 is 19.8. The number of fused-ring (bicyclic) bond motifs is 1. The lowest BCUT2D eigenvalue weighted by atomic mass is 10.1. The number of ether oxygens (including phenoxy) is 1. The van der Waals surface area contributed by atoms with Crippen LogP contribution in [0.5, 0.6) is 5.75 Å². The van der Waals surface area contributed by atoms with E-state index in [0.717, 1.165) is 0 Å². The number of benzene rings is 2. The highest BCUT2D eigenvalue weighted by atomic mass is 32.1. The lowest BCUT2D eigenvalue weighted by Gasteiger charge is -2.14. The van der Waals surface area contributed by atoms with Crippen molar-refractivity contribution in [3.05, 3.63) is 58.7 Å². The monoisotopic (exact) mass is 372 g/mol. The topological polar surface area (TPSA) is 58.6 Å². The minimum Gasteiger partial charge on any atom is -0.495 e. The molecule has 0 aliphatic carbocycles. The maximum absolute atomic E-state index is 13.8. The fourth-order valence-electron chi connectivity index (χ4n) is 2.52. The number of methoxy groups -OCH3 is 1. The molecule has 26 heavy (non-hydrogen) atoms. The Kier molecular flexibility index (Phi) is 4.90. The van der Waals surface area contributed by atoms with Gasteiger partial charge in [-0.2, -0.15) is 0 Å². The third-order valence-corrected chi connectivity index (χ3v) is 4.93. The number of amides is 2. The third kappa shape index (κ3) is 3.39. The first-order valence-corrected chi connectivity index (χ1v) is 8.61. The summed E-state index contributed by atoms with van der Waals surface area (Å²) >= 11 is 1.20. The zero-order valence-corrected chi connectivity index (χ0v) is 15.3. The second-order valence-electron chi connectivity index (χ2n) is 5.83. The Balaban J connectivity index is 1.93. The minimum atomic E-state index is -0.390. The molecule has 0 aliphatic heterocycles. The minimum absolute atomic E-state index is 0.188. The summed E-state index contributed by atoms with van der Waals surface area (Å²) in [7, 11) is 4.78. The number of hydrogen-bond acceptors (Lipinski definition) is 4. The van der Waals surface area contributed by atoms with Crippen molar-refractivity contribution in [3.8, 4) is 5.75 Å². The van der Waals surface area contributed by atoms with Crippen LogP contribution in [0.3, 0.4) is 0 Å². The van der Waals surface area contributed by atoms with E-state index in [1.54, 1.807) is 44.4 Å². The first kappa shape index (κ1) is 17.9. The lowest BCUT2D eigenvalue weighted by Crippen LogP contribution is -2.22. The Morgan fingerprint density at radius 2 is 1.92 bits per heavy atom. The second kappa shape index (κ2) is 7.13. The molecule has 0 atom stereocenters. The Bertz CT molecular complexity index is 998. The van der Waals surface area contributed by atoms with Gasteiger partial charge in [0.05, 0.1) is 17.7 Å². The van der Waals surface area contributed by atoms with Gasteiger partial charge in [0.1, 0.15) is 11.6 Å². The second-order valence-corrected chi connectivity index (χ2v) is 6.91. The van der Waals surface area contributed by atoms with Crippen LogP contribution in [-0.4, -0.2) is 37.9 Å². The molecule has 1 aromatic heterocycles. The van der Waals surface area contributed by atoms with E-state index in [-0.39, 0.29) is 11.7 Å². The number of carbonyl (C=O) groups is 2. The average molecular weight is 372 g/mol. The van der Waals surface area contributed by atoms with Crippen molar-refractivity contribution in [1.82, 2.24) is 4.90 Å². The summed E-state index contributed by atoms with van der Waals surface area (Å²) in [6.45, 7) is 0. The van der Waals surface area contributed by atoms with Crippen molar-refractivity contribution in [1.29, 1.82) is 0 Å². The molecule has 0 radical (unpaired) electrons. The lowest BCUT2D eigenvalue weighted by molar-refractivity contribution is 0.0827. The van der Waals surface area contributed by atoms with Crippen molar-refractivity contribution >= 4 is 38.9 Å². The molecule has 1 N–H and O–H groups in total. The van der Waals surface area contributed by atoms with Gasteiger partial charge in [-0.05, 0) is 36.4 Å². The fraction of sp³-hybridized carbons (Fsp3) is 0.158. The number of rotatable bonds is 4. The summed E-state index contributed by atoms with van der Waals surface area (Å²) in [6.07, 6.45) is 0. The number of nitrogens with zero attached hydrogens (tertiary/aromatic N) is 1. The van der Waals surface area contributed by atoms with Crippen LogP contribution in [0.1, 0.15) is 20.0 Å². The molecule has 7 heteroatoms. The summed E-state index contributed by atoms with van der Waals surface area (Å²) in [4.78, 5) is 26.6. The molecule has 3 rings (SSSR count). The van der Waals surface area contributed by atoms with Gasteiger partial charge < -0.3 is 15.0 Å². The Morgan fingerprint density at radius 1 is 1.15 bits per heavy atom. The van der Waals surface area contributed by atoms with Gasteiger partial charge in [-0.15, -0.1) is 11.3 Å². The molecular formula is C19H17FN2O3S. The molecule has 2 amide bonds. The van der Waals surface area contributed by atoms with E-state index >= 15 is 0 Å². The van der Waals surface area contributed by atoms with Gasteiger partial charge in [-0.1, -0.05) is 6.07 Å². The van der Waals surface area contributed by atoms with E-state index in [0.29, 0.717) is 32.0 Å². The summed E-state index contributed by atoms with van der Waals surface area (Å²) in [5.74, 6) is -0.514. The first-order chi connectivity index (χ1) is 12.4. The summed E-state index contributed by atoms with van der Waals surface area (Å²) in [5.41, 5.74) is 0.802.